The Balaban J connectivity index is 1.37. The van der Waals surface area contributed by atoms with E-state index in [1.165, 1.54) is 6.07 Å². The molecule has 2 aliphatic rings. The Kier molecular flexibility index (Phi) is 8.87. The highest BCUT2D eigenvalue weighted by Crippen LogP contribution is 2.43. The standard InChI is InChI=1S/C27H30O17/c28-6-15-18(33)21(36)23(38)26(42-15)40-7-16-19(34)22(37)24(39)27(43-16)44-25-12(32)5-14-17(20(25)35)11(31)4-13(41-14)8-1-2-9(29)10(30)3-8/h1-5,15-16,18-19,21-24,26-30,32-39H,6-7H2. The first-order valence-corrected chi connectivity index (χ1v) is 13.2. The van der Waals surface area contributed by atoms with Crippen LogP contribution in [0.1, 0.15) is 0 Å². The van der Waals surface area contributed by atoms with Gasteiger partial charge in [-0.05, 0) is 18.2 Å². The van der Waals surface area contributed by atoms with Crippen molar-refractivity contribution in [1.29, 1.82) is 0 Å². The number of fused-ring (bicyclic) bond motifs is 1. The summed E-state index contributed by atoms with van der Waals surface area (Å²) in [5.41, 5.74) is -0.946. The second-order valence-electron chi connectivity index (χ2n) is 10.3. The van der Waals surface area contributed by atoms with Gasteiger partial charge in [-0.3, -0.25) is 4.79 Å². The van der Waals surface area contributed by atoms with Gasteiger partial charge in [0.2, 0.25) is 12.0 Å². The Morgan fingerprint density at radius 3 is 2.00 bits per heavy atom. The van der Waals surface area contributed by atoms with Gasteiger partial charge in [-0.1, -0.05) is 0 Å². The summed E-state index contributed by atoms with van der Waals surface area (Å²) in [6.45, 7) is -1.39. The molecule has 0 saturated carbocycles. The molecule has 17 heteroatoms. The lowest BCUT2D eigenvalue weighted by Crippen LogP contribution is -2.62. The van der Waals surface area contributed by atoms with Crippen LogP contribution in [0, 0.1) is 0 Å². The fraction of sp³-hybridized carbons (Fsp3) is 0.444. The van der Waals surface area contributed by atoms with Gasteiger partial charge in [-0.25, -0.2) is 0 Å². The molecule has 0 aliphatic carbocycles. The molecule has 240 valence electrons. The third-order valence-electron chi connectivity index (χ3n) is 7.36. The van der Waals surface area contributed by atoms with Crippen molar-refractivity contribution < 1.29 is 79.5 Å². The highest BCUT2D eigenvalue weighted by Gasteiger charge is 2.48. The minimum Gasteiger partial charge on any atom is -0.504 e. The zero-order valence-electron chi connectivity index (χ0n) is 22.4. The van der Waals surface area contributed by atoms with Crippen LogP contribution in [0.25, 0.3) is 22.3 Å². The van der Waals surface area contributed by atoms with E-state index in [9.17, 15) is 61.0 Å². The Morgan fingerprint density at radius 2 is 1.34 bits per heavy atom. The molecule has 0 radical (unpaired) electrons. The number of benzene rings is 2. The van der Waals surface area contributed by atoms with Crippen LogP contribution < -0.4 is 10.2 Å². The maximum atomic E-state index is 12.9. The molecule has 2 fully saturated rings. The Bertz CT molecular complexity index is 1560. The van der Waals surface area contributed by atoms with E-state index in [-0.39, 0.29) is 16.9 Å². The number of aromatic hydroxyl groups is 4. The van der Waals surface area contributed by atoms with Gasteiger partial charge in [-0.15, -0.1) is 0 Å². The number of phenolic OH excluding ortho intramolecular Hbond substituents is 4. The summed E-state index contributed by atoms with van der Waals surface area (Å²) in [4.78, 5) is 12.9. The number of ether oxygens (including phenoxy) is 4. The lowest BCUT2D eigenvalue weighted by Gasteiger charge is -2.42. The first-order chi connectivity index (χ1) is 20.8. The van der Waals surface area contributed by atoms with Crippen molar-refractivity contribution in [2.24, 2.45) is 0 Å². The first-order valence-electron chi connectivity index (χ1n) is 13.2. The van der Waals surface area contributed by atoms with Crippen LogP contribution in [0.4, 0.5) is 0 Å². The quantitative estimate of drug-likeness (QED) is 0.119. The molecule has 0 bridgehead atoms. The second kappa shape index (κ2) is 12.3. The number of rotatable bonds is 7. The fourth-order valence-electron chi connectivity index (χ4n) is 4.87. The van der Waals surface area contributed by atoms with E-state index in [0.29, 0.717) is 0 Å². The number of aliphatic hydroxyl groups excluding tert-OH is 7. The number of hydrogen-bond acceptors (Lipinski definition) is 17. The molecule has 2 aliphatic heterocycles. The van der Waals surface area contributed by atoms with Gasteiger partial charge in [0.15, 0.2) is 34.7 Å². The van der Waals surface area contributed by atoms with Gasteiger partial charge >= 0.3 is 0 Å². The van der Waals surface area contributed by atoms with Crippen LogP contribution in [0.2, 0.25) is 0 Å². The van der Waals surface area contributed by atoms with E-state index in [1.807, 2.05) is 0 Å². The van der Waals surface area contributed by atoms with E-state index in [1.54, 1.807) is 0 Å². The zero-order chi connectivity index (χ0) is 32.0. The van der Waals surface area contributed by atoms with Gasteiger partial charge in [-0.2, -0.15) is 0 Å². The topological polar surface area (TPSA) is 290 Å². The predicted octanol–water partition coefficient (Wildman–Crippen LogP) is -2.71. The van der Waals surface area contributed by atoms with Crippen molar-refractivity contribution in [3.63, 3.8) is 0 Å². The molecule has 0 amide bonds. The monoisotopic (exact) mass is 626 g/mol. The number of aliphatic hydroxyl groups is 7. The minimum absolute atomic E-state index is 0.0874. The number of hydrogen-bond donors (Lipinski definition) is 11. The Morgan fingerprint density at radius 1 is 0.705 bits per heavy atom. The van der Waals surface area contributed by atoms with Crippen LogP contribution in [0.15, 0.2) is 39.5 Å². The summed E-state index contributed by atoms with van der Waals surface area (Å²) < 4.78 is 27.1. The average molecular weight is 627 g/mol. The molecule has 5 rings (SSSR count). The van der Waals surface area contributed by atoms with E-state index in [4.69, 9.17) is 23.4 Å². The van der Waals surface area contributed by atoms with Crippen molar-refractivity contribution in [2.75, 3.05) is 13.2 Å². The molecule has 17 nitrogen and oxygen atoms in total. The average Bonchev–Trinajstić information content (AvgIpc) is 2.99. The zero-order valence-corrected chi connectivity index (χ0v) is 22.4. The highest BCUT2D eigenvalue weighted by molar-refractivity contribution is 5.89. The van der Waals surface area contributed by atoms with Crippen molar-refractivity contribution in [3.05, 3.63) is 40.6 Å². The molecule has 0 spiro atoms. The largest absolute Gasteiger partial charge is 0.504 e. The molecule has 11 N–H and O–H groups in total. The maximum absolute atomic E-state index is 12.9. The fourth-order valence-corrected chi connectivity index (χ4v) is 4.87. The second-order valence-corrected chi connectivity index (χ2v) is 10.3. The first kappa shape index (κ1) is 31.7. The van der Waals surface area contributed by atoms with Crippen molar-refractivity contribution in [2.45, 2.75) is 61.4 Å². The Labute approximate surface area is 246 Å². The summed E-state index contributed by atoms with van der Waals surface area (Å²) in [7, 11) is 0. The van der Waals surface area contributed by atoms with Gasteiger partial charge in [0.1, 0.15) is 65.6 Å². The molecule has 10 unspecified atom stereocenters. The molecule has 10 atom stereocenters. The van der Waals surface area contributed by atoms with Crippen molar-refractivity contribution in [1.82, 2.24) is 0 Å². The van der Waals surface area contributed by atoms with Gasteiger partial charge < -0.3 is 79.5 Å². The predicted molar refractivity (Wildman–Crippen MR) is 142 cm³/mol. The van der Waals surface area contributed by atoms with Crippen LogP contribution in [0.5, 0.6) is 28.7 Å². The lowest BCUT2D eigenvalue weighted by atomic mass is 9.98. The van der Waals surface area contributed by atoms with Crippen LogP contribution >= 0.6 is 0 Å². The maximum Gasteiger partial charge on any atom is 0.229 e. The normalized spacial score (nSPS) is 32.5. The molecular formula is C27H30O17. The molecule has 2 aromatic carbocycles. The summed E-state index contributed by atoms with van der Waals surface area (Å²) >= 11 is 0. The number of phenols is 4. The summed E-state index contributed by atoms with van der Waals surface area (Å²) in [5.74, 6) is -3.48. The van der Waals surface area contributed by atoms with E-state index >= 15 is 0 Å². The van der Waals surface area contributed by atoms with Gasteiger partial charge in [0.05, 0.1) is 13.2 Å². The third kappa shape index (κ3) is 5.73. The smallest absolute Gasteiger partial charge is 0.229 e. The van der Waals surface area contributed by atoms with Gasteiger partial charge in [0.25, 0.3) is 0 Å². The summed E-state index contributed by atoms with van der Waals surface area (Å²) in [6.07, 6.45) is -17.2. The highest BCUT2D eigenvalue weighted by atomic mass is 16.7. The molecule has 3 heterocycles. The van der Waals surface area contributed by atoms with Gasteiger partial charge in [0, 0.05) is 17.7 Å². The summed E-state index contributed by atoms with van der Waals surface area (Å²) in [5, 5.41) is 111. The van der Waals surface area contributed by atoms with Crippen LogP contribution in [-0.4, -0.2) is 131 Å². The Hall–Kier alpha value is -3.75. The molecule has 2 saturated heterocycles. The molecule has 3 aromatic rings. The van der Waals surface area contributed by atoms with Crippen molar-refractivity contribution >= 4 is 11.0 Å². The SMILES string of the molecule is O=c1cc(-c2ccc(O)c(O)c2)oc2cc(O)c(OC3OC(COC4OC(CO)C(O)C(O)C4O)C(O)C(O)C3O)c(O)c12. The van der Waals surface area contributed by atoms with E-state index in [0.717, 1.165) is 24.3 Å². The minimum atomic E-state index is -1.97. The molecule has 1 aromatic heterocycles. The van der Waals surface area contributed by atoms with E-state index < -0.39 is 114 Å². The lowest BCUT2D eigenvalue weighted by molar-refractivity contribution is -0.323. The van der Waals surface area contributed by atoms with Crippen LogP contribution in [0.3, 0.4) is 0 Å². The van der Waals surface area contributed by atoms with Crippen molar-refractivity contribution in [3.8, 4) is 40.1 Å². The summed E-state index contributed by atoms with van der Waals surface area (Å²) in [6, 6.07) is 5.50. The van der Waals surface area contributed by atoms with Crippen LogP contribution in [-0.2, 0) is 14.2 Å². The van der Waals surface area contributed by atoms with E-state index in [2.05, 4.69) is 0 Å². The molecule has 44 heavy (non-hydrogen) atoms. The molecular weight excluding hydrogens is 596 g/mol. The third-order valence-corrected chi connectivity index (χ3v) is 7.36.